The van der Waals surface area contributed by atoms with Crippen molar-refractivity contribution < 1.29 is 28.5 Å². The van der Waals surface area contributed by atoms with Gasteiger partial charge in [-0.25, -0.2) is 4.79 Å². The third kappa shape index (κ3) is 15.8. The first-order chi connectivity index (χ1) is 15.6. The average molecular weight is 451 g/mol. The second kappa shape index (κ2) is 19.8. The Balaban J connectivity index is 1.89. The molecule has 0 saturated heterocycles. The van der Waals surface area contributed by atoms with E-state index in [2.05, 4.69) is 25.6 Å². The fourth-order valence-electron chi connectivity index (χ4n) is 2.94. The van der Waals surface area contributed by atoms with E-state index >= 15 is 0 Å². The van der Waals surface area contributed by atoms with Crippen LogP contribution in [0.4, 0.5) is 0 Å². The van der Waals surface area contributed by atoms with E-state index in [1.165, 1.54) is 44.1 Å². The molecule has 1 aromatic rings. The number of rotatable bonds is 21. The first-order valence-corrected chi connectivity index (χ1v) is 11.9. The molecule has 182 valence electrons. The Labute approximate surface area is 194 Å². The topological polar surface area (TPSA) is 63.2 Å². The van der Waals surface area contributed by atoms with E-state index in [1.807, 2.05) is 12.1 Å². The van der Waals surface area contributed by atoms with Gasteiger partial charge in [0.1, 0.15) is 19.0 Å². The molecule has 0 aliphatic rings. The Hall–Kier alpha value is -1.89. The average Bonchev–Trinajstić information content (AvgIpc) is 2.79. The number of benzene rings is 1. The summed E-state index contributed by atoms with van der Waals surface area (Å²) in [5.74, 6) is 0.481. The molecule has 0 N–H and O–H groups in total. The van der Waals surface area contributed by atoms with Crippen molar-refractivity contribution in [3.8, 4) is 5.75 Å². The lowest BCUT2D eigenvalue weighted by molar-refractivity contribution is -0.140. The molecule has 0 radical (unpaired) electrons. The molecule has 0 saturated carbocycles. The van der Waals surface area contributed by atoms with Crippen LogP contribution in [0.2, 0.25) is 0 Å². The van der Waals surface area contributed by atoms with Gasteiger partial charge in [-0.15, -0.1) is 0 Å². The quantitative estimate of drug-likeness (QED) is 0.147. The smallest absolute Gasteiger partial charge is 0.333 e. The third-order valence-corrected chi connectivity index (χ3v) is 4.79. The molecule has 6 heteroatoms. The van der Waals surface area contributed by atoms with Crippen LogP contribution in [0.15, 0.2) is 36.4 Å². The number of ether oxygens (including phenoxy) is 5. The van der Waals surface area contributed by atoms with Crippen LogP contribution >= 0.6 is 0 Å². The fraction of sp³-hybridized carbons (Fsp3) is 0.654. The van der Waals surface area contributed by atoms with E-state index in [1.54, 1.807) is 6.92 Å². The first-order valence-electron chi connectivity index (χ1n) is 11.9. The lowest BCUT2D eigenvalue weighted by Gasteiger charge is -2.09. The highest BCUT2D eigenvalue weighted by Crippen LogP contribution is 2.15. The van der Waals surface area contributed by atoms with Gasteiger partial charge in [-0.1, -0.05) is 57.7 Å². The maximum Gasteiger partial charge on any atom is 0.333 e. The van der Waals surface area contributed by atoms with Gasteiger partial charge in [0.15, 0.2) is 0 Å². The maximum atomic E-state index is 11.2. The summed E-state index contributed by atoms with van der Waals surface area (Å²) in [5.41, 5.74) is 1.76. The lowest BCUT2D eigenvalue weighted by Crippen LogP contribution is -2.15. The summed E-state index contributed by atoms with van der Waals surface area (Å²) < 4.78 is 26.9. The molecule has 1 rings (SSSR count). The van der Waals surface area contributed by atoms with Crippen molar-refractivity contribution >= 4 is 5.97 Å². The Kier molecular flexibility index (Phi) is 17.4. The number of carbonyl (C=O) groups is 1. The van der Waals surface area contributed by atoms with Gasteiger partial charge in [0.05, 0.1) is 39.6 Å². The van der Waals surface area contributed by atoms with Crippen LogP contribution in [0.1, 0.15) is 57.9 Å². The van der Waals surface area contributed by atoms with E-state index in [0.29, 0.717) is 51.8 Å². The van der Waals surface area contributed by atoms with Gasteiger partial charge in [0.25, 0.3) is 0 Å². The van der Waals surface area contributed by atoms with Crippen molar-refractivity contribution in [2.45, 2.75) is 58.8 Å². The van der Waals surface area contributed by atoms with Crippen LogP contribution in [0.3, 0.4) is 0 Å². The van der Waals surface area contributed by atoms with Crippen LogP contribution in [-0.4, -0.2) is 58.8 Å². The highest BCUT2D eigenvalue weighted by molar-refractivity contribution is 5.86. The van der Waals surface area contributed by atoms with Crippen molar-refractivity contribution in [2.24, 2.45) is 0 Å². The van der Waals surface area contributed by atoms with E-state index < -0.39 is 5.97 Å². The lowest BCUT2D eigenvalue weighted by atomic mass is 10.0. The van der Waals surface area contributed by atoms with Gasteiger partial charge >= 0.3 is 5.97 Å². The van der Waals surface area contributed by atoms with Gasteiger partial charge in [-0.05, 0) is 37.5 Å². The Morgan fingerprint density at radius 3 is 1.88 bits per heavy atom. The Morgan fingerprint density at radius 1 is 0.750 bits per heavy atom. The van der Waals surface area contributed by atoms with Crippen molar-refractivity contribution in [1.82, 2.24) is 0 Å². The van der Waals surface area contributed by atoms with Crippen molar-refractivity contribution in [3.63, 3.8) is 0 Å². The molecule has 0 aliphatic carbocycles. The molecule has 1 aromatic carbocycles. The molecule has 0 unspecified atom stereocenters. The van der Waals surface area contributed by atoms with Crippen molar-refractivity contribution in [1.29, 1.82) is 0 Å². The third-order valence-electron chi connectivity index (χ3n) is 4.79. The number of hydrogen-bond donors (Lipinski definition) is 0. The molecule has 32 heavy (non-hydrogen) atoms. The van der Waals surface area contributed by atoms with Crippen LogP contribution in [0, 0.1) is 0 Å². The van der Waals surface area contributed by atoms with Gasteiger partial charge in [0.2, 0.25) is 0 Å². The van der Waals surface area contributed by atoms with Crippen LogP contribution < -0.4 is 4.74 Å². The molecule has 6 nitrogen and oxygen atoms in total. The van der Waals surface area contributed by atoms with E-state index in [0.717, 1.165) is 12.2 Å². The zero-order valence-corrected chi connectivity index (χ0v) is 20.1. The second-order valence-corrected chi connectivity index (χ2v) is 7.76. The Morgan fingerprint density at radius 2 is 1.28 bits per heavy atom. The normalized spacial score (nSPS) is 10.8. The summed E-state index contributed by atoms with van der Waals surface area (Å²) in [6.45, 7) is 10.9. The van der Waals surface area contributed by atoms with Crippen LogP contribution in [0.25, 0.3) is 0 Å². The van der Waals surface area contributed by atoms with E-state index in [9.17, 15) is 4.79 Å². The minimum Gasteiger partial charge on any atom is -0.491 e. The molecule has 0 aliphatic heterocycles. The number of aryl methyl sites for hydroxylation is 1. The van der Waals surface area contributed by atoms with Crippen LogP contribution in [0.5, 0.6) is 5.75 Å². The molecule has 0 heterocycles. The van der Waals surface area contributed by atoms with E-state index in [4.69, 9.17) is 23.7 Å². The van der Waals surface area contributed by atoms with Gasteiger partial charge in [-0.3, -0.25) is 0 Å². The van der Waals surface area contributed by atoms with Gasteiger partial charge < -0.3 is 23.7 Å². The van der Waals surface area contributed by atoms with Crippen LogP contribution in [-0.2, 0) is 30.2 Å². The predicted molar refractivity (Wildman–Crippen MR) is 127 cm³/mol. The fourth-order valence-corrected chi connectivity index (χ4v) is 2.94. The number of hydrogen-bond acceptors (Lipinski definition) is 6. The molecule has 0 amide bonds. The zero-order valence-electron chi connectivity index (χ0n) is 20.1. The monoisotopic (exact) mass is 450 g/mol. The minimum atomic E-state index is -0.397. The molecule has 0 bridgehead atoms. The highest BCUT2D eigenvalue weighted by atomic mass is 16.6. The summed E-state index contributed by atoms with van der Waals surface area (Å²) >= 11 is 0. The van der Waals surface area contributed by atoms with E-state index in [-0.39, 0.29) is 6.61 Å². The summed E-state index contributed by atoms with van der Waals surface area (Å²) in [6, 6.07) is 8.38. The number of carbonyl (C=O) groups excluding carboxylic acids is 1. The molecular formula is C26H42O6. The van der Waals surface area contributed by atoms with Gasteiger partial charge in [0, 0.05) is 5.57 Å². The molecule has 0 aromatic heterocycles. The van der Waals surface area contributed by atoms with Crippen molar-refractivity contribution in [3.05, 3.63) is 42.0 Å². The molecular weight excluding hydrogens is 408 g/mol. The Bertz CT molecular complexity index is 599. The second-order valence-electron chi connectivity index (χ2n) is 7.76. The molecule has 0 atom stereocenters. The largest absolute Gasteiger partial charge is 0.491 e. The standard InChI is InChI=1S/C26H42O6/c1-4-5-6-7-8-9-10-24-11-13-25(14-12-24)31-21-19-29-17-15-28-16-18-30-20-22-32-26(27)23(2)3/h11-14H,2,4-10,15-22H2,1,3H3. The van der Waals surface area contributed by atoms with Crippen molar-refractivity contribution in [2.75, 3.05) is 52.9 Å². The predicted octanol–water partition coefficient (Wildman–Crippen LogP) is 5.14. The molecule has 0 fully saturated rings. The molecule has 0 spiro atoms. The zero-order chi connectivity index (χ0) is 23.3. The highest BCUT2D eigenvalue weighted by Gasteiger charge is 2.02. The van der Waals surface area contributed by atoms with Gasteiger partial charge in [-0.2, -0.15) is 0 Å². The summed E-state index contributed by atoms with van der Waals surface area (Å²) in [5, 5.41) is 0. The summed E-state index contributed by atoms with van der Waals surface area (Å²) in [7, 11) is 0. The summed E-state index contributed by atoms with van der Waals surface area (Å²) in [4.78, 5) is 11.2. The SMILES string of the molecule is C=C(C)C(=O)OCCOCCOCCOCCOc1ccc(CCCCCCCC)cc1. The first kappa shape index (κ1) is 28.1. The summed E-state index contributed by atoms with van der Waals surface area (Å²) in [6.07, 6.45) is 9.09. The number of unbranched alkanes of at least 4 members (excludes halogenated alkanes) is 5. The minimum absolute atomic E-state index is 0.219. The number of esters is 1. The maximum absolute atomic E-state index is 11.2.